The van der Waals surface area contributed by atoms with Crippen LogP contribution in [0.3, 0.4) is 0 Å². The van der Waals surface area contributed by atoms with E-state index >= 15 is 0 Å². The Hall–Kier alpha value is -1.39. The summed E-state index contributed by atoms with van der Waals surface area (Å²) in [4.78, 5) is 11.4. The molecule has 0 heterocycles. The Morgan fingerprint density at radius 3 is 2.79 bits per heavy atom. The molecule has 0 fully saturated rings. The van der Waals surface area contributed by atoms with Gasteiger partial charge < -0.3 is 14.6 Å². The number of benzene rings is 1. The molecule has 1 N–H and O–H groups in total. The zero-order valence-electron chi connectivity index (χ0n) is 11.6. The molecule has 0 aromatic heterocycles. The van der Waals surface area contributed by atoms with Crippen molar-refractivity contribution in [2.24, 2.45) is 0 Å². The summed E-state index contributed by atoms with van der Waals surface area (Å²) >= 11 is 0. The van der Waals surface area contributed by atoms with Crippen molar-refractivity contribution in [3.8, 4) is 0 Å². The minimum atomic E-state index is -0.666. The summed E-state index contributed by atoms with van der Waals surface area (Å²) < 4.78 is 10.1. The van der Waals surface area contributed by atoms with Crippen LogP contribution in [0.15, 0.2) is 24.3 Å². The number of esters is 1. The van der Waals surface area contributed by atoms with Crippen molar-refractivity contribution in [1.29, 1.82) is 0 Å². The average molecular weight is 266 g/mol. The smallest absolute Gasteiger partial charge is 0.305 e. The lowest BCUT2D eigenvalue weighted by atomic mass is 9.99. The van der Waals surface area contributed by atoms with Gasteiger partial charge in [-0.15, -0.1) is 0 Å². The van der Waals surface area contributed by atoms with E-state index < -0.39 is 6.10 Å². The van der Waals surface area contributed by atoms with Crippen LogP contribution in [0.2, 0.25) is 0 Å². The highest BCUT2D eigenvalue weighted by Crippen LogP contribution is 2.23. The van der Waals surface area contributed by atoms with Crippen molar-refractivity contribution in [1.82, 2.24) is 0 Å². The standard InChI is InChI=1S/C15H22O4/c1-3-10-19-15(17)9-8-14(16)13-7-5-4-6-12(13)11-18-2/h4-7,14,16H,3,8-11H2,1-2H3. The maximum atomic E-state index is 11.4. The lowest BCUT2D eigenvalue weighted by molar-refractivity contribution is -0.144. The van der Waals surface area contributed by atoms with Crippen LogP contribution in [0.25, 0.3) is 0 Å². The number of rotatable bonds is 8. The highest BCUT2D eigenvalue weighted by Gasteiger charge is 2.14. The molecule has 1 unspecified atom stereocenters. The monoisotopic (exact) mass is 266 g/mol. The summed E-state index contributed by atoms with van der Waals surface area (Å²) in [5.74, 6) is -0.259. The molecular formula is C15H22O4. The molecule has 106 valence electrons. The third-order valence-corrected chi connectivity index (χ3v) is 2.80. The molecule has 0 aliphatic rings. The van der Waals surface area contributed by atoms with E-state index in [2.05, 4.69) is 0 Å². The molecule has 0 aliphatic heterocycles. The minimum Gasteiger partial charge on any atom is -0.466 e. The fourth-order valence-corrected chi connectivity index (χ4v) is 1.84. The number of aliphatic hydroxyl groups excluding tert-OH is 1. The molecule has 0 amide bonds. The van der Waals surface area contributed by atoms with Crippen LogP contribution in [0.4, 0.5) is 0 Å². The van der Waals surface area contributed by atoms with Crippen molar-refractivity contribution in [2.75, 3.05) is 13.7 Å². The summed E-state index contributed by atoms with van der Waals surface area (Å²) in [5, 5.41) is 10.1. The van der Waals surface area contributed by atoms with Gasteiger partial charge in [0.15, 0.2) is 0 Å². The van der Waals surface area contributed by atoms with Gasteiger partial charge in [0, 0.05) is 13.5 Å². The van der Waals surface area contributed by atoms with E-state index in [1.165, 1.54) is 0 Å². The maximum absolute atomic E-state index is 11.4. The van der Waals surface area contributed by atoms with Crippen LogP contribution in [0.1, 0.15) is 43.4 Å². The molecule has 0 radical (unpaired) electrons. The highest BCUT2D eigenvalue weighted by molar-refractivity contribution is 5.69. The van der Waals surface area contributed by atoms with Crippen LogP contribution in [0.5, 0.6) is 0 Å². The Morgan fingerprint density at radius 2 is 2.11 bits per heavy atom. The van der Waals surface area contributed by atoms with Crippen molar-refractivity contribution < 1.29 is 19.4 Å². The van der Waals surface area contributed by atoms with Gasteiger partial charge in [0.1, 0.15) is 0 Å². The number of methoxy groups -OCH3 is 1. The zero-order valence-corrected chi connectivity index (χ0v) is 11.6. The third kappa shape index (κ3) is 5.41. The van der Waals surface area contributed by atoms with Gasteiger partial charge >= 0.3 is 5.97 Å². The van der Waals surface area contributed by atoms with Gasteiger partial charge in [0.05, 0.1) is 19.3 Å². The van der Waals surface area contributed by atoms with Gasteiger partial charge in [0.25, 0.3) is 0 Å². The second-order valence-electron chi connectivity index (χ2n) is 4.41. The lowest BCUT2D eigenvalue weighted by Crippen LogP contribution is -2.09. The fourth-order valence-electron chi connectivity index (χ4n) is 1.84. The molecular weight excluding hydrogens is 244 g/mol. The van der Waals surface area contributed by atoms with Crippen molar-refractivity contribution in [3.05, 3.63) is 35.4 Å². The molecule has 0 aliphatic carbocycles. The first-order valence-electron chi connectivity index (χ1n) is 6.59. The number of ether oxygens (including phenoxy) is 2. The number of hydrogen-bond donors (Lipinski definition) is 1. The Labute approximate surface area is 114 Å². The summed E-state index contributed by atoms with van der Waals surface area (Å²) in [5.41, 5.74) is 1.76. The predicted octanol–water partition coefficient (Wildman–Crippen LogP) is 2.60. The SMILES string of the molecule is CCCOC(=O)CCC(O)c1ccccc1COC. The molecule has 0 spiro atoms. The van der Waals surface area contributed by atoms with Gasteiger partial charge in [-0.3, -0.25) is 4.79 Å². The molecule has 19 heavy (non-hydrogen) atoms. The lowest BCUT2D eigenvalue weighted by Gasteiger charge is -2.15. The second kappa shape index (κ2) is 8.67. The fraction of sp³-hybridized carbons (Fsp3) is 0.533. The van der Waals surface area contributed by atoms with E-state index in [0.29, 0.717) is 19.6 Å². The number of carbonyl (C=O) groups excluding carboxylic acids is 1. The molecule has 4 heteroatoms. The van der Waals surface area contributed by atoms with E-state index in [-0.39, 0.29) is 12.4 Å². The Morgan fingerprint density at radius 1 is 1.37 bits per heavy atom. The molecule has 1 aromatic rings. The molecule has 1 rings (SSSR count). The van der Waals surface area contributed by atoms with Gasteiger partial charge in [-0.1, -0.05) is 31.2 Å². The number of hydrogen-bond acceptors (Lipinski definition) is 4. The largest absolute Gasteiger partial charge is 0.466 e. The normalized spacial score (nSPS) is 12.2. The summed E-state index contributed by atoms with van der Waals surface area (Å²) in [6, 6.07) is 7.54. The topological polar surface area (TPSA) is 55.8 Å². The van der Waals surface area contributed by atoms with E-state index in [4.69, 9.17) is 9.47 Å². The first-order chi connectivity index (χ1) is 9.19. The van der Waals surface area contributed by atoms with Crippen LogP contribution < -0.4 is 0 Å². The molecule has 1 atom stereocenters. The average Bonchev–Trinajstić information content (AvgIpc) is 2.43. The quantitative estimate of drug-likeness (QED) is 0.735. The van der Waals surface area contributed by atoms with Crippen molar-refractivity contribution in [2.45, 2.75) is 38.9 Å². The van der Waals surface area contributed by atoms with Gasteiger partial charge in [-0.2, -0.15) is 0 Å². The van der Waals surface area contributed by atoms with Crippen LogP contribution >= 0.6 is 0 Å². The summed E-state index contributed by atoms with van der Waals surface area (Å²) in [7, 11) is 1.62. The van der Waals surface area contributed by atoms with Gasteiger partial charge in [-0.25, -0.2) is 0 Å². The maximum Gasteiger partial charge on any atom is 0.305 e. The second-order valence-corrected chi connectivity index (χ2v) is 4.41. The van der Waals surface area contributed by atoms with Crippen molar-refractivity contribution >= 4 is 5.97 Å². The van der Waals surface area contributed by atoms with Crippen molar-refractivity contribution in [3.63, 3.8) is 0 Å². The number of aliphatic hydroxyl groups is 1. The molecule has 0 saturated carbocycles. The Balaban J connectivity index is 2.53. The third-order valence-electron chi connectivity index (χ3n) is 2.80. The zero-order chi connectivity index (χ0) is 14.1. The van der Waals surface area contributed by atoms with E-state index in [1.54, 1.807) is 7.11 Å². The van der Waals surface area contributed by atoms with Gasteiger partial charge in [-0.05, 0) is 24.0 Å². The summed E-state index contributed by atoms with van der Waals surface area (Å²) in [6.07, 6.45) is 0.733. The van der Waals surface area contributed by atoms with E-state index in [9.17, 15) is 9.90 Å². The number of carbonyl (C=O) groups is 1. The molecule has 0 saturated heterocycles. The first kappa shape index (κ1) is 15.7. The van der Waals surface area contributed by atoms with E-state index in [1.807, 2.05) is 31.2 Å². The first-order valence-corrected chi connectivity index (χ1v) is 6.59. The molecule has 4 nitrogen and oxygen atoms in total. The minimum absolute atomic E-state index is 0.225. The molecule has 1 aromatic carbocycles. The van der Waals surface area contributed by atoms with E-state index in [0.717, 1.165) is 17.5 Å². The predicted molar refractivity (Wildman–Crippen MR) is 72.6 cm³/mol. The van der Waals surface area contributed by atoms with Crippen LogP contribution in [0, 0.1) is 0 Å². The Bertz CT molecular complexity index is 389. The highest BCUT2D eigenvalue weighted by atomic mass is 16.5. The molecule has 0 bridgehead atoms. The van der Waals surface area contributed by atoms with Gasteiger partial charge in [0.2, 0.25) is 0 Å². The summed E-state index contributed by atoms with van der Waals surface area (Å²) in [6.45, 7) is 2.84. The van der Waals surface area contributed by atoms with Crippen LogP contribution in [-0.2, 0) is 20.9 Å². The van der Waals surface area contributed by atoms with Crippen LogP contribution in [-0.4, -0.2) is 24.8 Å². The Kier molecular flexibility index (Phi) is 7.15.